The normalized spacial score (nSPS) is 23.0. The van der Waals surface area contributed by atoms with Crippen molar-refractivity contribution in [3.63, 3.8) is 0 Å². The van der Waals surface area contributed by atoms with Gasteiger partial charge < -0.3 is 35.1 Å². The van der Waals surface area contributed by atoms with Crippen LogP contribution in [0.2, 0.25) is 0 Å². The number of hydrogen-bond donors (Lipinski definition) is 3. The van der Waals surface area contributed by atoms with E-state index >= 15 is 4.39 Å². The van der Waals surface area contributed by atoms with Crippen molar-refractivity contribution in [2.24, 2.45) is 5.73 Å². The number of ether oxygens (including phenoxy) is 2. The molecular formula is C33H36FN5O6. The summed E-state index contributed by atoms with van der Waals surface area (Å²) in [4.78, 5) is 45.8. The largest absolute Gasteiger partial charge is 0.490 e. The smallest absolute Gasteiger partial charge is 0.258 e. The van der Waals surface area contributed by atoms with Gasteiger partial charge in [0, 0.05) is 29.1 Å². The average Bonchev–Trinajstić information content (AvgIpc) is 3.66. The van der Waals surface area contributed by atoms with Crippen LogP contribution in [0.1, 0.15) is 72.0 Å². The van der Waals surface area contributed by atoms with Crippen LogP contribution in [0.3, 0.4) is 0 Å². The van der Waals surface area contributed by atoms with E-state index < -0.39 is 17.9 Å². The summed E-state index contributed by atoms with van der Waals surface area (Å²) in [6.45, 7) is 7.81. The predicted molar refractivity (Wildman–Crippen MR) is 162 cm³/mol. The molecule has 11 nitrogen and oxygen atoms in total. The number of nitrogens with one attached hydrogen (secondary N) is 1. The Morgan fingerprint density at radius 2 is 2.09 bits per heavy atom. The summed E-state index contributed by atoms with van der Waals surface area (Å²) in [5.74, 6) is -0.750. The topological polar surface area (TPSA) is 149 Å². The molecule has 0 spiro atoms. The lowest BCUT2D eigenvalue weighted by atomic mass is 9.81. The van der Waals surface area contributed by atoms with Gasteiger partial charge >= 0.3 is 0 Å². The minimum absolute atomic E-state index is 0.00324. The summed E-state index contributed by atoms with van der Waals surface area (Å²) in [6, 6.07) is 2.74. The molecule has 1 aliphatic carbocycles. The third-order valence-corrected chi connectivity index (χ3v) is 9.98. The second-order valence-electron chi connectivity index (χ2n) is 12.3. The van der Waals surface area contributed by atoms with E-state index in [0.717, 1.165) is 28.5 Å². The Morgan fingerprint density at radius 1 is 1.29 bits per heavy atom. The molecule has 0 radical (unpaired) electrons. The number of nitrogens with zero attached hydrogens (tertiary/aromatic N) is 3. The van der Waals surface area contributed by atoms with Gasteiger partial charge in [0.25, 0.3) is 5.56 Å². The highest BCUT2D eigenvalue weighted by molar-refractivity contribution is 5.93. The molecule has 12 heteroatoms. The number of carbonyl (C=O) groups excluding carboxylic acids is 2. The first-order valence-corrected chi connectivity index (χ1v) is 15.4. The highest BCUT2D eigenvalue weighted by atomic mass is 19.1. The minimum atomic E-state index is -1.53. The van der Waals surface area contributed by atoms with Crippen LogP contribution in [0.25, 0.3) is 22.3 Å². The number of pyridine rings is 2. The first-order valence-electron chi connectivity index (χ1n) is 15.4. The highest BCUT2D eigenvalue weighted by Crippen LogP contribution is 2.46. The van der Waals surface area contributed by atoms with Gasteiger partial charge in [0.15, 0.2) is 0 Å². The Bertz CT molecular complexity index is 1870. The summed E-state index contributed by atoms with van der Waals surface area (Å²) >= 11 is 0. The fourth-order valence-corrected chi connectivity index (χ4v) is 7.53. The lowest BCUT2D eigenvalue weighted by Crippen LogP contribution is -2.42. The maximum atomic E-state index is 15.2. The van der Waals surface area contributed by atoms with Crippen molar-refractivity contribution < 1.29 is 28.6 Å². The molecule has 1 aromatic carbocycles. The van der Waals surface area contributed by atoms with Gasteiger partial charge in [-0.05, 0) is 61.8 Å². The molecular weight excluding hydrogens is 581 g/mol. The molecule has 1 fully saturated rings. The van der Waals surface area contributed by atoms with Gasteiger partial charge in [-0.25, -0.2) is 9.37 Å². The Morgan fingerprint density at radius 3 is 2.84 bits per heavy atom. The van der Waals surface area contributed by atoms with E-state index in [4.69, 9.17) is 20.2 Å². The Kier molecular flexibility index (Phi) is 7.06. The standard InChI is InChI=1S/C33H36FN5O6/c1-4-33(43)17(3)44-14-20-21(33)10-25-31-19(13-39(25)32(20)42)30-23(8-7-18-16(2)22(34)11-24(37-31)29(18)30)36-26(40)15-45-28-6-5-9-38(28)27(41)12-35/h10-11,23,28,43H,3-9,12-15,35H2,1-2H3,(H,36,40)/t23-,28?,33+/m0/s1. The molecule has 45 heavy (non-hydrogen) atoms. The van der Waals surface area contributed by atoms with Crippen molar-refractivity contribution in [1.82, 2.24) is 19.8 Å². The number of carbonyl (C=O) groups is 2. The SMILES string of the molecule is C=C1OCc2c(cc3n(c2=O)Cc2c-3nc3cc(F)c(C)c4c3c2[C@@H](NC(=O)COC2CCCN2C(=O)CN)CC4)[C@@]1(O)CC. The molecule has 5 heterocycles. The summed E-state index contributed by atoms with van der Waals surface area (Å²) < 4.78 is 28.3. The molecule has 2 aromatic heterocycles. The molecule has 2 amide bonds. The molecule has 4 aliphatic rings. The first kappa shape index (κ1) is 29.6. The van der Waals surface area contributed by atoms with Crippen LogP contribution in [0.15, 0.2) is 29.3 Å². The van der Waals surface area contributed by atoms with Crippen LogP contribution >= 0.6 is 0 Å². The summed E-state index contributed by atoms with van der Waals surface area (Å²) in [5, 5.41) is 15.4. The van der Waals surface area contributed by atoms with E-state index in [1.807, 2.05) is 0 Å². The zero-order chi connectivity index (χ0) is 31.8. The number of nitrogens with two attached hydrogens (primary N) is 1. The molecule has 1 saturated heterocycles. The van der Waals surface area contributed by atoms with Gasteiger partial charge in [0.1, 0.15) is 36.6 Å². The monoisotopic (exact) mass is 617 g/mol. The van der Waals surface area contributed by atoms with E-state index in [2.05, 4.69) is 11.9 Å². The van der Waals surface area contributed by atoms with Crippen LogP contribution in [-0.2, 0) is 44.2 Å². The quantitative estimate of drug-likeness (QED) is 0.299. The van der Waals surface area contributed by atoms with E-state index in [1.54, 1.807) is 29.4 Å². The van der Waals surface area contributed by atoms with Crippen LogP contribution in [0.5, 0.6) is 0 Å². The number of rotatable bonds is 6. The molecule has 3 atom stereocenters. The lowest BCUT2D eigenvalue weighted by Gasteiger charge is -2.35. The van der Waals surface area contributed by atoms with Crippen molar-refractivity contribution in [2.45, 2.75) is 77.0 Å². The van der Waals surface area contributed by atoms with Crippen molar-refractivity contribution in [3.8, 4) is 11.4 Å². The van der Waals surface area contributed by atoms with Gasteiger partial charge in [0.05, 0.1) is 41.6 Å². The molecule has 4 N–H and O–H groups in total. The maximum absolute atomic E-state index is 15.2. The first-order chi connectivity index (χ1) is 21.6. The van der Waals surface area contributed by atoms with Crippen molar-refractivity contribution in [1.29, 1.82) is 0 Å². The van der Waals surface area contributed by atoms with Crippen molar-refractivity contribution in [2.75, 3.05) is 19.7 Å². The second kappa shape index (κ2) is 10.7. The lowest BCUT2D eigenvalue weighted by molar-refractivity contribution is -0.145. The number of amides is 2. The minimum Gasteiger partial charge on any atom is -0.490 e. The Balaban J connectivity index is 1.29. The van der Waals surface area contributed by atoms with Gasteiger partial charge in [-0.2, -0.15) is 0 Å². The van der Waals surface area contributed by atoms with Gasteiger partial charge in [0.2, 0.25) is 11.8 Å². The van der Waals surface area contributed by atoms with Crippen LogP contribution in [0, 0.1) is 12.7 Å². The Hall–Kier alpha value is -4.13. The zero-order valence-corrected chi connectivity index (χ0v) is 25.4. The van der Waals surface area contributed by atoms with Gasteiger partial charge in [-0.15, -0.1) is 0 Å². The van der Waals surface area contributed by atoms with Crippen LogP contribution in [0.4, 0.5) is 4.39 Å². The molecule has 7 rings (SSSR count). The number of aliphatic hydroxyl groups is 1. The molecule has 236 valence electrons. The fraction of sp³-hybridized carbons (Fsp3) is 0.455. The van der Waals surface area contributed by atoms with E-state index in [0.29, 0.717) is 59.4 Å². The number of aromatic nitrogens is 2. The van der Waals surface area contributed by atoms with E-state index in [-0.39, 0.29) is 61.7 Å². The van der Waals surface area contributed by atoms with E-state index in [9.17, 15) is 19.5 Å². The Labute approximate surface area is 258 Å². The number of aryl methyl sites for hydroxylation is 1. The maximum Gasteiger partial charge on any atom is 0.258 e. The van der Waals surface area contributed by atoms with Crippen molar-refractivity contribution >= 4 is 22.7 Å². The average molecular weight is 618 g/mol. The summed E-state index contributed by atoms with van der Waals surface area (Å²) in [5.41, 5.74) is 8.94. The molecule has 0 saturated carbocycles. The van der Waals surface area contributed by atoms with Gasteiger partial charge in [-0.1, -0.05) is 13.5 Å². The zero-order valence-electron chi connectivity index (χ0n) is 25.4. The summed E-state index contributed by atoms with van der Waals surface area (Å²) in [6.07, 6.45) is 2.20. The molecule has 1 unspecified atom stereocenters. The number of fused-ring (bicyclic) bond motifs is 5. The van der Waals surface area contributed by atoms with E-state index in [1.165, 1.54) is 6.07 Å². The third-order valence-electron chi connectivity index (χ3n) is 9.98. The third kappa shape index (κ3) is 4.41. The van der Waals surface area contributed by atoms with Crippen LogP contribution < -0.4 is 16.6 Å². The fourth-order valence-electron chi connectivity index (χ4n) is 7.53. The number of likely N-dealkylation sites (tertiary alicyclic amines) is 1. The molecule has 3 aliphatic heterocycles. The highest BCUT2D eigenvalue weighted by Gasteiger charge is 2.42. The van der Waals surface area contributed by atoms with Gasteiger partial charge in [-0.3, -0.25) is 14.4 Å². The number of hydrogen-bond acceptors (Lipinski definition) is 8. The number of benzene rings is 1. The predicted octanol–water partition coefficient (Wildman–Crippen LogP) is 2.54. The molecule has 0 bridgehead atoms. The number of halogens is 1. The van der Waals surface area contributed by atoms with Crippen LogP contribution in [-0.4, -0.2) is 57.3 Å². The molecule has 3 aromatic rings. The van der Waals surface area contributed by atoms with Crippen molar-refractivity contribution in [3.05, 3.63) is 74.0 Å². The summed E-state index contributed by atoms with van der Waals surface area (Å²) in [7, 11) is 0. The second-order valence-corrected chi connectivity index (χ2v) is 12.3.